The fraction of sp³-hybridized carbons (Fsp3) is 0.263. The van der Waals surface area contributed by atoms with E-state index in [9.17, 15) is 13.2 Å². The van der Waals surface area contributed by atoms with E-state index < -0.39 is 15.1 Å². The number of halogens is 1. The summed E-state index contributed by atoms with van der Waals surface area (Å²) in [6.45, 7) is 0.434. The summed E-state index contributed by atoms with van der Waals surface area (Å²) >= 11 is 6.19. The average molecular weight is 389 g/mol. The Balaban J connectivity index is 1.86. The van der Waals surface area contributed by atoms with Crippen molar-refractivity contribution < 1.29 is 13.2 Å². The van der Waals surface area contributed by atoms with Crippen molar-refractivity contribution >= 4 is 27.3 Å². The van der Waals surface area contributed by atoms with Crippen LogP contribution in [0.4, 0.5) is 0 Å². The van der Waals surface area contributed by atoms with Crippen LogP contribution in [-0.2, 0) is 9.84 Å². The molecule has 1 aliphatic rings. The topological polar surface area (TPSA) is 78.2 Å². The molecule has 3 rings (SSSR count). The second kappa shape index (κ2) is 7.48. The lowest BCUT2D eigenvalue weighted by Crippen LogP contribution is -2.33. The Bertz CT molecular complexity index is 982. The zero-order chi connectivity index (χ0) is 18.7. The largest absolute Gasteiger partial charge is 0.338 e. The first-order valence-corrected chi connectivity index (χ1v) is 10.3. The van der Waals surface area contributed by atoms with Gasteiger partial charge >= 0.3 is 0 Å². The zero-order valence-corrected chi connectivity index (χ0v) is 15.5. The fourth-order valence-corrected chi connectivity index (χ4v) is 5.29. The van der Waals surface area contributed by atoms with Gasteiger partial charge in [-0.1, -0.05) is 35.9 Å². The third-order valence-electron chi connectivity index (χ3n) is 4.52. The first-order valence-electron chi connectivity index (χ1n) is 8.18. The van der Waals surface area contributed by atoms with Crippen LogP contribution < -0.4 is 0 Å². The van der Waals surface area contributed by atoms with Gasteiger partial charge in [-0.25, -0.2) is 8.42 Å². The lowest BCUT2D eigenvalue weighted by atomic mass is 10.1. The molecule has 1 heterocycles. The van der Waals surface area contributed by atoms with Gasteiger partial charge in [0, 0.05) is 23.7 Å². The lowest BCUT2D eigenvalue weighted by Gasteiger charge is -2.20. The molecule has 0 N–H and O–H groups in total. The van der Waals surface area contributed by atoms with Gasteiger partial charge in [0.05, 0.1) is 22.6 Å². The van der Waals surface area contributed by atoms with Crippen LogP contribution in [0.1, 0.15) is 33.2 Å². The van der Waals surface area contributed by atoms with Crippen LogP contribution in [-0.4, -0.2) is 38.1 Å². The molecule has 5 nitrogen and oxygen atoms in total. The van der Waals surface area contributed by atoms with E-state index in [1.54, 1.807) is 42.5 Å². The third-order valence-corrected chi connectivity index (χ3v) is 6.97. The number of hydrogen-bond donors (Lipinski definition) is 0. The van der Waals surface area contributed by atoms with Crippen LogP contribution in [0.3, 0.4) is 0 Å². The first kappa shape index (κ1) is 18.4. The summed E-state index contributed by atoms with van der Waals surface area (Å²) in [5, 5.41) is 8.68. The fourth-order valence-electron chi connectivity index (χ4n) is 3.14. The second-order valence-electron chi connectivity index (χ2n) is 6.15. The van der Waals surface area contributed by atoms with E-state index in [1.807, 2.05) is 6.07 Å². The molecular weight excluding hydrogens is 372 g/mol. The maximum atomic E-state index is 12.7. The van der Waals surface area contributed by atoms with Crippen molar-refractivity contribution in [2.24, 2.45) is 0 Å². The van der Waals surface area contributed by atoms with Crippen LogP contribution in [0.15, 0.2) is 48.5 Å². The number of rotatable bonds is 2. The van der Waals surface area contributed by atoms with Gasteiger partial charge < -0.3 is 4.90 Å². The third kappa shape index (κ3) is 3.74. The minimum Gasteiger partial charge on any atom is -0.338 e. The molecule has 0 saturated carbocycles. The molecule has 26 heavy (non-hydrogen) atoms. The van der Waals surface area contributed by atoms with Crippen molar-refractivity contribution in [1.29, 1.82) is 5.26 Å². The Morgan fingerprint density at radius 3 is 2.65 bits per heavy atom. The summed E-state index contributed by atoms with van der Waals surface area (Å²) in [4.78, 5) is 14.3. The highest BCUT2D eigenvalue weighted by atomic mass is 35.5. The monoisotopic (exact) mass is 388 g/mol. The Labute approximate surface area is 157 Å². The van der Waals surface area contributed by atoms with Gasteiger partial charge in [0.25, 0.3) is 5.91 Å². The van der Waals surface area contributed by atoms with Crippen molar-refractivity contribution in [3.63, 3.8) is 0 Å². The molecule has 0 aliphatic carbocycles. The van der Waals surface area contributed by atoms with E-state index in [4.69, 9.17) is 16.9 Å². The van der Waals surface area contributed by atoms with Crippen LogP contribution in [0.2, 0.25) is 5.02 Å². The van der Waals surface area contributed by atoms with Crippen molar-refractivity contribution in [2.75, 3.05) is 18.8 Å². The minimum absolute atomic E-state index is 0.118. The maximum Gasteiger partial charge on any atom is 0.253 e. The molecule has 2 aromatic rings. The van der Waals surface area contributed by atoms with Crippen molar-refractivity contribution in [2.45, 2.75) is 11.7 Å². The number of amides is 1. The zero-order valence-electron chi connectivity index (χ0n) is 13.9. The molecule has 1 saturated heterocycles. The standard InChI is InChI=1S/C19H17ClN2O3S/c20-17-7-2-1-6-16(17)18-8-9-22(10-11-26(18,24)25)19(23)15-5-3-4-14(12-15)13-21/h1-7,12,18H,8-11H2. The van der Waals surface area contributed by atoms with Gasteiger partial charge in [-0.2, -0.15) is 5.26 Å². The van der Waals surface area contributed by atoms with Crippen LogP contribution in [0.25, 0.3) is 0 Å². The van der Waals surface area contributed by atoms with Crippen LogP contribution >= 0.6 is 11.6 Å². The first-order chi connectivity index (χ1) is 12.4. The quantitative estimate of drug-likeness (QED) is 0.791. The summed E-state index contributed by atoms with van der Waals surface area (Å²) in [5.74, 6) is -0.385. The molecule has 0 spiro atoms. The van der Waals surface area contributed by atoms with Gasteiger partial charge in [0.1, 0.15) is 0 Å². The maximum absolute atomic E-state index is 12.7. The highest BCUT2D eigenvalue weighted by Gasteiger charge is 2.33. The average Bonchev–Trinajstić information content (AvgIpc) is 2.80. The highest BCUT2D eigenvalue weighted by Crippen LogP contribution is 2.34. The summed E-state index contributed by atoms with van der Waals surface area (Å²) in [5.41, 5.74) is 1.36. The SMILES string of the molecule is N#Cc1cccc(C(=O)N2CCC(c3ccccc3Cl)S(=O)(=O)CC2)c1. The van der Waals surface area contributed by atoms with Gasteiger partial charge in [-0.15, -0.1) is 0 Å². The van der Waals surface area contributed by atoms with Gasteiger partial charge in [-0.05, 0) is 36.2 Å². The molecule has 0 aromatic heterocycles. The van der Waals surface area contributed by atoms with Crippen molar-refractivity contribution in [3.8, 4) is 6.07 Å². The van der Waals surface area contributed by atoms with E-state index in [1.165, 1.54) is 11.0 Å². The van der Waals surface area contributed by atoms with Crippen molar-refractivity contribution in [3.05, 3.63) is 70.2 Å². The van der Waals surface area contributed by atoms with Crippen molar-refractivity contribution in [1.82, 2.24) is 4.90 Å². The van der Waals surface area contributed by atoms with Crippen LogP contribution in [0, 0.1) is 11.3 Å². The molecule has 2 aromatic carbocycles. The minimum atomic E-state index is -3.43. The predicted octanol–water partition coefficient (Wildman–Crippen LogP) is 3.21. The summed E-state index contributed by atoms with van der Waals surface area (Å²) in [6.07, 6.45) is 0.287. The van der Waals surface area contributed by atoms with E-state index in [-0.39, 0.29) is 24.6 Å². The smallest absolute Gasteiger partial charge is 0.253 e. The summed E-state index contributed by atoms with van der Waals surface area (Å²) in [6, 6.07) is 15.3. The van der Waals surface area contributed by atoms with Gasteiger partial charge in [0.15, 0.2) is 9.84 Å². The number of sulfone groups is 1. The molecule has 7 heteroatoms. The van der Waals surface area contributed by atoms with E-state index in [0.29, 0.717) is 28.3 Å². The Hall–Kier alpha value is -2.36. The molecule has 1 aliphatic heterocycles. The number of carbonyl (C=O) groups excluding carboxylic acids is 1. The Kier molecular flexibility index (Phi) is 5.30. The molecule has 1 fully saturated rings. The summed E-state index contributed by atoms with van der Waals surface area (Å²) < 4.78 is 25.4. The molecular formula is C19H17ClN2O3S. The van der Waals surface area contributed by atoms with Crippen LogP contribution in [0.5, 0.6) is 0 Å². The van der Waals surface area contributed by atoms with E-state index >= 15 is 0 Å². The predicted molar refractivity (Wildman–Crippen MR) is 99.7 cm³/mol. The number of hydrogen-bond acceptors (Lipinski definition) is 4. The lowest BCUT2D eigenvalue weighted by molar-refractivity contribution is 0.0766. The molecule has 0 bridgehead atoms. The molecule has 1 atom stereocenters. The highest BCUT2D eigenvalue weighted by molar-refractivity contribution is 7.91. The van der Waals surface area contributed by atoms with E-state index in [2.05, 4.69) is 0 Å². The number of carbonyl (C=O) groups is 1. The van der Waals surface area contributed by atoms with Gasteiger partial charge in [-0.3, -0.25) is 4.79 Å². The van der Waals surface area contributed by atoms with Gasteiger partial charge in [0.2, 0.25) is 0 Å². The number of benzene rings is 2. The molecule has 134 valence electrons. The second-order valence-corrected chi connectivity index (χ2v) is 8.86. The molecule has 1 amide bonds. The Morgan fingerprint density at radius 1 is 1.15 bits per heavy atom. The normalized spacial score (nSPS) is 19.4. The number of nitriles is 1. The number of nitrogens with zero attached hydrogens (tertiary/aromatic N) is 2. The van der Waals surface area contributed by atoms with E-state index in [0.717, 1.165) is 0 Å². The summed E-state index contributed by atoms with van der Waals surface area (Å²) in [7, 11) is -3.43. The molecule has 0 radical (unpaired) electrons. The Morgan fingerprint density at radius 2 is 1.92 bits per heavy atom. The molecule has 1 unspecified atom stereocenters.